The monoisotopic (exact) mass is 343 g/mol. The normalized spacial score (nSPS) is 10.5. The maximum atomic E-state index is 12.6. The quantitative estimate of drug-likeness (QED) is 0.784. The lowest BCUT2D eigenvalue weighted by Crippen LogP contribution is -2.16. The highest BCUT2D eigenvalue weighted by molar-refractivity contribution is 6.31. The molecule has 0 fully saturated rings. The average molecular weight is 344 g/mol. The number of halogens is 1. The second-order valence-electron chi connectivity index (χ2n) is 4.87. The number of fused-ring (bicyclic) bond motifs is 1. The van der Waals surface area contributed by atoms with Crippen LogP contribution >= 0.6 is 11.6 Å². The van der Waals surface area contributed by atoms with Gasteiger partial charge in [-0.1, -0.05) is 23.7 Å². The first-order valence-corrected chi connectivity index (χ1v) is 7.46. The second-order valence-corrected chi connectivity index (χ2v) is 5.31. The third-order valence-corrected chi connectivity index (χ3v) is 3.59. The van der Waals surface area contributed by atoms with Crippen molar-refractivity contribution in [3.63, 3.8) is 0 Å². The molecule has 2 aromatic carbocycles. The van der Waals surface area contributed by atoms with Crippen LogP contribution in [0, 0.1) is 0 Å². The number of amides is 1. The van der Waals surface area contributed by atoms with Crippen LogP contribution < -0.4 is 14.8 Å². The van der Waals surface area contributed by atoms with Gasteiger partial charge in [-0.15, -0.1) is 0 Å². The van der Waals surface area contributed by atoms with Gasteiger partial charge in [0, 0.05) is 5.02 Å². The molecule has 3 aromatic rings. The van der Waals surface area contributed by atoms with Crippen molar-refractivity contribution in [1.29, 1.82) is 0 Å². The molecule has 0 saturated heterocycles. The van der Waals surface area contributed by atoms with Crippen LogP contribution in [0.1, 0.15) is 10.5 Å². The van der Waals surface area contributed by atoms with E-state index in [4.69, 9.17) is 21.1 Å². The van der Waals surface area contributed by atoms with E-state index in [0.717, 1.165) is 0 Å². The van der Waals surface area contributed by atoms with Crippen LogP contribution in [0.4, 0.5) is 5.69 Å². The topological polar surface area (TPSA) is 73.3 Å². The molecule has 0 radical (unpaired) electrons. The summed E-state index contributed by atoms with van der Waals surface area (Å²) in [6, 6.07) is 12.2. The molecule has 6 nitrogen and oxygen atoms in total. The number of hydrogen-bond acceptors (Lipinski definition) is 5. The molecule has 0 aliphatic heterocycles. The maximum Gasteiger partial charge on any atom is 0.280 e. The molecule has 1 aromatic heterocycles. The standard InChI is InChI=1S/C17H14ClN3O3/c1-23-14-8-7-10(18)9-13(14)20-16(22)15-17(24-2)21-12-6-4-3-5-11(12)19-15/h3-9H,1-2H3,(H,20,22). The van der Waals surface area contributed by atoms with Crippen molar-refractivity contribution in [2.45, 2.75) is 0 Å². The Hall–Kier alpha value is -2.86. The lowest BCUT2D eigenvalue weighted by atomic mass is 10.2. The van der Waals surface area contributed by atoms with Crippen LogP contribution in [0.15, 0.2) is 42.5 Å². The van der Waals surface area contributed by atoms with Crippen molar-refractivity contribution in [3.05, 3.63) is 53.2 Å². The highest BCUT2D eigenvalue weighted by atomic mass is 35.5. The zero-order valence-electron chi connectivity index (χ0n) is 13.0. The highest BCUT2D eigenvalue weighted by Gasteiger charge is 2.19. The molecule has 7 heteroatoms. The molecule has 122 valence electrons. The lowest BCUT2D eigenvalue weighted by molar-refractivity contribution is 0.101. The van der Waals surface area contributed by atoms with E-state index in [1.807, 2.05) is 12.1 Å². The molecule has 1 N–H and O–H groups in total. The van der Waals surface area contributed by atoms with Crippen molar-refractivity contribution in [2.24, 2.45) is 0 Å². The van der Waals surface area contributed by atoms with E-state index in [2.05, 4.69) is 15.3 Å². The van der Waals surface area contributed by atoms with Crippen molar-refractivity contribution in [1.82, 2.24) is 9.97 Å². The predicted molar refractivity (Wildman–Crippen MR) is 92.0 cm³/mol. The Balaban J connectivity index is 2.01. The van der Waals surface area contributed by atoms with E-state index in [1.165, 1.54) is 14.2 Å². The minimum Gasteiger partial charge on any atom is -0.495 e. The highest BCUT2D eigenvalue weighted by Crippen LogP contribution is 2.29. The first-order valence-electron chi connectivity index (χ1n) is 7.08. The fourth-order valence-corrected chi connectivity index (χ4v) is 2.41. The Kier molecular flexibility index (Phi) is 4.48. The Morgan fingerprint density at radius 3 is 2.42 bits per heavy atom. The zero-order valence-corrected chi connectivity index (χ0v) is 13.8. The van der Waals surface area contributed by atoms with Gasteiger partial charge in [0.25, 0.3) is 5.91 Å². The number of benzene rings is 2. The third kappa shape index (κ3) is 3.09. The summed E-state index contributed by atoms with van der Waals surface area (Å²) in [6.45, 7) is 0. The Labute approximate surface area is 143 Å². The molecule has 0 bridgehead atoms. The van der Waals surface area contributed by atoms with Crippen molar-refractivity contribution < 1.29 is 14.3 Å². The van der Waals surface area contributed by atoms with Crippen molar-refractivity contribution >= 4 is 34.2 Å². The lowest BCUT2D eigenvalue weighted by Gasteiger charge is -2.12. The molecule has 0 atom stereocenters. The van der Waals surface area contributed by atoms with Crippen LogP contribution in [0.3, 0.4) is 0 Å². The Morgan fingerprint density at radius 1 is 1.04 bits per heavy atom. The number of carbonyl (C=O) groups is 1. The molecular formula is C17H14ClN3O3. The largest absolute Gasteiger partial charge is 0.495 e. The zero-order chi connectivity index (χ0) is 17.1. The van der Waals surface area contributed by atoms with E-state index in [0.29, 0.717) is 27.5 Å². The second kappa shape index (κ2) is 6.72. The molecule has 0 aliphatic rings. The number of rotatable bonds is 4. The smallest absolute Gasteiger partial charge is 0.280 e. The molecule has 3 rings (SSSR count). The van der Waals surface area contributed by atoms with Crippen LogP contribution in [-0.2, 0) is 0 Å². The fourth-order valence-electron chi connectivity index (χ4n) is 2.23. The summed E-state index contributed by atoms with van der Waals surface area (Å²) < 4.78 is 10.4. The summed E-state index contributed by atoms with van der Waals surface area (Å²) in [5.41, 5.74) is 1.76. The van der Waals surface area contributed by atoms with Gasteiger partial charge >= 0.3 is 0 Å². The number of nitrogens with zero attached hydrogens (tertiary/aromatic N) is 2. The molecule has 1 amide bonds. The third-order valence-electron chi connectivity index (χ3n) is 3.36. The van der Waals surface area contributed by atoms with Crippen molar-refractivity contribution in [2.75, 3.05) is 19.5 Å². The van der Waals surface area contributed by atoms with Gasteiger partial charge in [0.15, 0.2) is 5.69 Å². The van der Waals surface area contributed by atoms with E-state index in [-0.39, 0.29) is 11.6 Å². The summed E-state index contributed by atoms with van der Waals surface area (Å²) in [5.74, 6) is 0.165. The van der Waals surface area contributed by atoms with E-state index < -0.39 is 5.91 Å². The molecule has 0 aliphatic carbocycles. The summed E-state index contributed by atoms with van der Waals surface area (Å²) in [7, 11) is 2.95. The van der Waals surface area contributed by atoms with Crippen LogP contribution in [0.2, 0.25) is 5.02 Å². The molecule has 1 heterocycles. The summed E-state index contributed by atoms with van der Waals surface area (Å²) in [4.78, 5) is 21.3. The summed E-state index contributed by atoms with van der Waals surface area (Å²) in [5, 5.41) is 3.20. The Bertz CT molecular complexity index is 915. The van der Waals surface area contributed by atoms with E-state index >= 15 is 0 Å². The molecule has 0 spiro atoms. The maximum absolute atomic E-state index is 12.6. The van der Waals surface area contributed by atoms with Gasteiger partial charge in [0.2, 0.25) is 5.88 Å². The minimum atomic E-state index is -0.467. The molecule has 24 heavy (non-hydrogen) atoms. The van der Waals surface area contributed by atoms with Crippen molar-refractivity contribution in [3.8, 4) is 11.6 Å². The number of nitrogens with one attached hydrogen (secondary N) is 1. The SMILES string of the molecule is COc1ccc(Cl)cc1NC(=O)c1nc2ccccc2nc1OC. The number of ether oxygens (including phenoxy) is 2. The number of para-hydroxylation sites is 2. The van der Waals surface area contributed by atoms with E-state index in [1.54, 1.807) is 30.3 Å². The number of aromatic nitrogens is 2. The van der Waals surface area contributed by atoms with Gasteiger partial charge in [0.05, 0.1) is 30.9 Å². The van der Waals surface area contributed by atoms with Gasteiger partial charge in [-0.05, 0) is 30.3 Å². The first kappa shape index (κ1) is 16.0. The summed E-state index contributed by atoms with van der Waals surface area (Å²) >= 11 is 5.98. The van der Waals surface area contributed by atoms with E-state index in [9.17, 15) is 4.79 Å². The number of hydrogen-bond donors (Lipinski definition) is 1. The van der Waals surface area contributed by atoms with Crippen LogP contribution in [0.25, 0.3) is 11.0 Å². The first-order chi connectivity index (χ1) is 11.6. The van der Waals surface area contributed by atoms with Gasteiger partial charge in [-0.3, -0.25) is 4.79 Å². The molecular weight excluding hydrogens is 330 g/mol. The average Bonchev–Trinajstić information content (AvgIpc) is 2.60. The number of anilines is 1. The Morgan fingerprint density at radius 2 is 1.75 bits per heavy atom. The minimum absolute atomic E-state index is 0.0817. The number of methoxy groups -OCH3 is 2. The fraction of sp³-hybridized carbons (Fsp3) is 0.118. The van der Waals surface area contributed by atoms with Gasteiger partial charge < -0.3 is 14.8 Å². The molecule has 0 unspecified atom stereocenters. The summed E-state index contributed by atoms with van der Waals surface area (Å²) in [6.07, 6.45) is 0. The predicted octanol–water partition coefficient (Wildman–Crippen LogP) is 3.55. The van der Waals surface area contributed by atoms with Gasteiger partial charge in [0.1, 0.15) is 5.75 Å². The van der Waals surface area contributed by atoms with Gasteiger partial charge in [-0.25, -0.2) is 9.97 Å². The van der Waals surface area contributed by atoms with Crippen LogP contribution in [0.5, 0.6) is 11.6 Å². The van der Waals surface area contributed by atoms with Crippen LogP contribution in [-0.4, -0.2) is 30.1 Å². The molecule has 0 saturated carbocycles. The van der Waals surface area contributed by atoms with Gasteiger partial charge in [-0.2, -0.15) is 0 Å². The number of carbonyl (C=O) groups excluding carboxylic acids is 1.